The summed E-state index contributed by atoms with van der Waals surface area (Å²) in [4.78, 5) is 11.9. The maximum absolute atomic E-state index is 11.9. The summed E-state index contributed by atoms with van der Waals surface area (Å²) in [5.74, 6) is 5.35. The number of aryl methyl sites for hydroxylation is 1. The molecular weight excluding hydrogens is 214 g/mol. The van der Waals surface area contributed by atoms with Crippen LogP contribution in [-0.2, 0) is 0 Å². The van der Waals surface area contributed by atoms with Crippen molar-refractivity contribution in [2.45, 2.75) is 25.8 Å². The van der Waals surface area contributed by atoms with Crippen LogP contribution in [0, 0.1) is 18.8 Å². The molecule has 1 saturated carbocycles. The summed E-state index contributed by atoms with van der Waals surface area (Å²) in [6, 6.07) is 5.86. The summed E-state index contributed by atoms with van der Waals surface area (Å²) in [6.07, 6.45) is 2.16. The number of amides is 1. The van der Waals surface area contributed by atoms with E-state index < -0.39 is 0 Å². The van der Waals surface area contributed by atoms with E-state index in [0.717, 1.165) is 24.0 Å². The van der Waals surface area contributed by atoms with Gasteiger partial charge in [-0.25, -0.2) is 0 Å². The topological polar surface area (TPSA) is 49.3 Å². The molecule has 88 valence electrons. The standard InChI is InChI=1S/C14H15NO2/c1-10-4-5-11(3-2-8-16)9-13(10)14(17)15-12-6-7-12/h4-5,9,12,16H,6-8H2,1H3,(H,15,17). The van der Waals surface area contributed by atoms with E-state index in [9.17, 15) is 4.79 Å². The molecule has 0 saturated heterocycles. The zero-order chi connectivity index (χ0) is 12.3. The first-order valence-electron chi connectivity index (χ1n) is 5.72. The van der Waals surface area contributed by atoms with Crippen LogP contribution >= 0.6 is 0 Å². The van der Waals surface area contributed by atoms with Crippen molar-refractivity contribution in [2.75, 3.05) is 6.61 Å². The molecule has 0 spiro atoms. The first kappa shape index (κ1) is 11.7. The van der Waals surface area contributed by atoms with Crippen LogP contribution in [-0.4, -0.2) is 23.7 Å². The molecule has 1 fully saturated rings. The molecule has 3 nitrogen and oxygen atoms in total. The van der Waals surface area contributed by atoms with Crippen molar-refractivity contribution < 1.29 is 9.90 Å². The van der Waals surface area contributed by atoms with E-state index in [1.54, 1.807) is 6.07 Å². The number of carbonyl (C=O) groups is 1. The van der Waals surface area contributed by atoms with E-state index in [0.29, 0.717) is 11.6 Å². The van der Waals surface area contributed by atoms with E-state index in [2.05, 4.69) is 17.2 Å². The Morgan fingerprint density at radius 1 is 1.53 bits per heavy atom. The number of rotatable bonds is 2. The molecule has 3 heteroatoms. The van der Waals surface area contributed by atoms with Crippen molar-refractivity contribution in [1.82, 2.24) is 5.32 Å². The minimum atomic E-state index is -0.169. The molecule has 0 radical (unpaired) electrons. The molecule has 1 aromatic rings. The Balaban J connectivity index is 2.21. The van der Waals surface area contributed by atoms with Crippen LogP contribution in [0.3, 0.4) is 0 Å². The summed E-state index contributed by atoms with van der Waals surface area (Å²) in [7, 11) is 0. The molecule has 2 N–H and O–H groups in total. The highest BCUT2D eigenvalue weighted by Crippen LogP contribution is 2.20. The second-order valence-corrected chi connectivity index (χ2v) is 4.24. The molecule has 0 atom stereocenters. The Hall–Kier alpha value is -1.79. The summed E-state index contributed by atoms with van der Waals surface area (Å²) in [5.41, 5.74) is 2.37. The number of hydrogen-bond acceptors (Lipinski definition) is 2. The minimum absolute atomic E-state index is 0.0300. The summed E-state index contributed by atoms with van der Waals surface area (Å²) < 4.78 is 0. The number of nitrogens with one attached hydrogen (secondary N) is 1. The van der Waals surface area contributed by atoms with E-state index in [-0.39, 0.29) is 12.5 Å². The SMILES string of the molecule is Cc1ccc(C#CCO)cc1C(=O)NC1CC1. The van der Waals surface area contributed by atoms with Gasteiger partial charge in [-0.2, -0.15) is 0 Å². The third-order valence-corrected chi connectivity index (χ3v) is 2.71. The lowest BCUT2D eigenvalue weighted by atomic mass is 10.0. The third kappa shape index (κ3) is 3.08. The average Bonchev–Trinajstić information content (AvgIpc) is 3.11. The number of aliphatic hydroxyl groups excluding tert-OH is 1. The van der Waals surface area contributed by atoms with Crippen molar-refractivity contribution in [3.63, 3.8) is 0 Å². The Morgan fingerprint density at radius 2 is 2.29 bits per heavy atom. The highest BCUT2D eigenvalue weighted by molar-refractivity contribution is 5.96. The van der Waals surface area contributed by atoms with Crippen molar-refractivity contribution >= 4 is 5.91 Å². The summed E-state index contributed by atoms with van der Waals surface area (Å²) in [5, 5.41) is 11.6. The first-order valence-corrected chi connectivity index (χ1v) is 5.72. The molecule has 0 aromatic heterocycles. The third-order valence-electron chi connectivity index (χ3n) is 2.71. The molecule has 0 unspecified atom stereocenters. The summed E-state index contributed by atoms with van der Waals surface area (Å²) in [6.45, 7) is 1.74. The highest BCUT2D eigenvalue weighted by atomic mass is 16.2. The van der Waals surface area contributed by atoms with Gasteiger partial charge in [0.15, 0.2) is 0 Å². The second-order valence-electron chi connectivity index (χ2n) is 4.24. The zero-order valence-corrected chi connectivity index (χ0v) is 9.79. The van der Waals surface area contributed by atoms with E-state index in [4.69, 9.17) is 5.11 Å². The maximum Gasteiger partial charge on any atom is 0.251 e. The van der Waals surface area contributed by atoms with Gasteiger partial charge in [0.05, 0.1) is 0 Å². The fourth-order valence-electron chi connectivity index (χ4n) is 1.58. The van der Waals surface area contributed by atoms with Crippen LogP contribution in [0.4, 0.5) is 0 Å². The monoisotopic (exact) mass is 229 g/mol. The van der Waals surface area contributed by atoms with Gasteiger partial charge in [0.25, 0.3) is 5.91 Å². The number of hydrogen-bond donors (Lipinski definition) is 2. The smallest absolute Gasteiger partial charge is 0.251 e. The van der Waals surface area contributed by atoms with Crippen LogP contribution in [0.2, 0.25) is 0 Å². The molecular formula is C14H15NO2. The fraction of sp³-hybridized carbons (Fsp3) is 0.357. The Labute approximate surface area is 101 Å². The quantitative estimate of drug-likeness (QED) is 0.749. The van der Waals surface area contributed by atoms with Gasteiger partial charge >= 0.3 is 0 Å². The van der Waals surface area contributed by atoms with E-state index >= 15 is 0 Å². The van der Waals surface area contributed by atoms with Crippen LogP contribution in [0.1, 0.15) is 34.3 Å². The minimum Gasteiger partial charge on any atom is -0.384 e. The van der Waals surface area contributed by atoms with Gasteiger partial charge in [-0.05, 0) is 37.5 Å². The molecule has 1 aliphatic carbocycles. The average molecular weight is 229 g/mol. The molecule has 0 bridgehead atoms. The van der Waals surface area contributed by atoms with Crippen molar-refractivity contribution in [2.24, 2.45) is 0 Å². The number of aliphatic hydroxyl groups is 1. The van der Waals surface area contributed by atoms with Gasteiger partial charge in [0, 0.05) is 17.2 Å². The van der Waals surface area contributed by atoms with Gasteiger partial charge in [-0.15, -0.1) is 0 Å². The van der Waals surface area contributed by atoms with Crippen LogP contribution in [0.5, 0.6) is 0 Å². The Morgan fingerprint density at radius 3 is 2.94 bits per heavy atom. The summed E-state index contributed by atoms with van der Waals surface area (Å²) >= 11 is 0. The Kier molecular flexibility index (Phi) is 3.46. The first-order chi connectivity index (χ1) is 8.20. The number of benzene rings is 1. The molecule has 0 aliphatic heterocycles. The predicted molar refractivity (Wildman–Crippen MR) is 65.6 cm³/mol. The van der Waals surface area contributed by atoms with Gasteiger partial charge in [0.1, 0.15) is 6.61 Å². The van der Waals surface area contributed by atoms with Crippen LogP contribution in [0.15, 0.2) is 18.2 Å². The molecule has 1 aromatic carbocycles. The van der Waals surface area contributed by atoms with Gasteiger partial charge in [-0.1, -0.05) is 17.9 Å². The maximum atomic E-state index is 11.9. The Bertz CT molecular complexity index is 493. The molecule has 0 heterocycles. The van der Waals surface area contributed by atoms with Gasteiger partial charge in [-0.3, -0.25) is 4.79 Å². The predicted octanol–water partition coefficient (Wildman–Crippen LogP) is 1.23. The lowest BCUT2D eigenvalue weighted by Gasteiger charge is -2.07. The highest BCUT2D eigenvalue weighted by Gasteiger charge is 2.24. The number of carbonyl (C=O) groups excluding carboxylic acids is 1. The van der Waals surface area contributed by atoms with E-state index in [1.807, 2.05) is 19.1 Å². The lowest BCUT2D eigenvalue weighted by molar-refractivity contribution is 0.0950. The van der Waals surface area contributed by atoms with Crippen LogP contribution in [0.25, 0.3) is 0 Å². The lowest BCUT2D eigenvalue weighted by Crippen LogP contribution is -2.26. The zero-order valence-electron chi connectivity index (χ0n) is 9.79. The fourth-order valence-corrected chi connectivity index (χ4v) is 1.58. The van der Waals surface area contributed by atoms with Crippen LogP contribution < -0.4 is 5.32 Å². The second kappa shape index (κ2) is 5.03. The largest absolute Gasteiger partial charge is 0.384 e. The molecule has 2 rings (SSSR count). The van der Waals surface area contributed by atoms with Crippen molar-refractivity contribution in [1.29, 1.82) is 0 Å². The molecule has 1 aliphatic rings. The van der Waals surface area contributed by atoms with Gasteiger partial charge in [0.2, 0.25) is 0 Å². The van der Waals surface area contributed by atoms with Gasteiger partial charge < -0.3 is 10.4 Å². The van der Waals surface area contributed by atoms with Crippen molar-refractivity contribution in [3.05, 3.63) is 34.9 Å². The van der Waals surface area contributed by atoms with Crippen molar-refractivity contribution in [3.8, 4) is 11.8 Å². The van der Waals surface area contributed by atoms with E-state index in [1.165, 1.54) is 0 Å². The molecule has 17 heavy (non-hydrogen) atoms. The normalized spacial score (nSPS) is 13.8. The molecule has 1 amide bonds.